The van der Waals surface area contributed by atoms with Crippen molar-refractivity contribution in [1.29, 1.82) is 0 Å². The fourth-order valence-corrected chi connectivity index (χ4v) is 8.71. The maximum Gasteiger partial charge on any atom is 0.153 e. The Morgan fingerprint density at radius 2 is 1.20 bits per heavy atom. The number of pyridine rings is 1. The number of hydrogen-bond donors (Lipinski definition) is 0. The van der Waals surface area contributed by atoms with Crippen molar-refractivity contribution < 1.29 is 4.42 Å². The number of aromatic nitrogens is 1. The zero-order valence-corrected chi connectivity index (χ0v) is 29.5. The monoisotopic (exact) mass is 690 g/mol. The van der Waals surface area contributed by atoms with Crippen LogP contribution in [0.25, 0.3) is 76.3 Å². The second-order valence-electron chi connectivity index (χ2n) is 14.2. The quantitative estimate of drug-likeness (QED) is 0.168. The van der Waals surface area contributed by atoms with Gasteiger partial charge in [-0.05, 0) is 121 Å². The van der Waals surface area contributed by atoms with Gasteiger partial charge in [-0.25, -0.2) is 0 Å². The van der Waals surface area contributed by atoms with Crippen molar-refractivity contribution in [3.8, 4) is 11.1 Å². The molecule has 0 bridgehead atoms. The Bertz CT molecular complexity index is 3150. The number of benzene rings is 8. The summed E-state index contributed by atoms with van der Waals surface area (Å²) in [4.78, 5) is 7.18. The lowest BCUT2D eigenvalue weighted by atomic mass is 9.86. The van der Waals surface area contributed by atoms with Gasteiger partial charge < -0.3 is 9.32 Å². The minimum Gasteiger partial charge on any atom is -0.454 e. The van der Waals surface area contributed by atoms with Gasteiger partial charge in [0.15, 0.2) is 5.58 Å². The number of furan rings is 1. The van der Waals surface area contributed by atoms with E-state index < -0.39 is 0 Å². The van der Waals surface area contributed by atoms with Crippen LogP contribution in [0, 0.1) is 0 Å². The Hall–Kier alpha value is -6.97. The van der Waals surface area contributed by atoms with E-state index >= 15 is 0 Å². The third-order valence-corrected chi connectivity index (χ3v) is 11.2. The van der Waals surface area contributed by atoms with Crippen molar-refractivity contribution in [2.75, 3.05) is 4.90 Å². The van der Waals surface area contributed by atoms with Gasteiger partial charge >= 0.3 is 0 Å². The number of fused-ring (bicyclic) bond motifs is 9. The van der Waals surface area contributed by atoms with Crippen LogP contribution in [0.15, 0.2) is 198 Å². The molecule has 3 heteroatoms. The van der Waals surface area contributed by atoms with Crippen LogP contribution in [0.4, 0.5) is 11.4 Å². The second kappa shape index (κ2) is 12.3. The van der Waals surface area contributed by atoms with Gasteiger partial charge in [0.05, 0.1) is 11.1 Å². The second-order valence-corrected chi connectivity index (χ2v) is 14.2. The van der Waals surface area contributed by atoms with Crippen molar-refractivity contribution in [2.45, 2.75) is 12.3 Å². The minimum absolute atomic E-state index is 0.251. The van der Waals surface area contributed by atoms with Crippen LogP contribution in [0.2, 0.25) is 0 Å². The summed E-state index contributed by atoms with van der Waals surface area (Å²) < 4.78 is 6.34. The molecule has 2 heterocycles. The Balaban J connectivity index is 1.05. The first-order valence-electron chi connectivity index (χ1n) is 18.6. The van der Waals surface area contributed by atoms with Crippen LogP contribution in [-0.2, 0) is 0 Å². The van der Waals surface area contributed by atoms with Crippen molar-refractivity contribution in [1.82, 2.24) is 4.98 Å². The first kappa shape index (κ1) is 30.6. The Labute approximate surface area is 312 Å². The summed E-state index contributed by atoms with van der Waals surface area (Å²) in [5, 5.41) is 11.3. The maximum atomic E-state index is 6.34. The van der Waals surface area contributed by atoms with E-state index in [1.54, 1.807) is 0 Å². The highest BCUT2D eigenvalue weighted by Crippen LogP contribution is 2.44. The summed E-state index contributed by atoms with van der Waals surface area (Å²) in [6.45, 7) is 0. The average molecular weight is 691 g/mol. The van der Waals surface area contributed by atoms with E-state index in [1.165, 1.54) is 59.8 Å². The summed E-state index contributed by atoms with van der Waals surface area (Å²) in [6, 6.07) is 59.0. The molecule has 0 N–H and O–H groups in total. The molecule has 3 nitrogen and oxygen atoms in total. The molecule has 1 aliphatic rings. The van der Waals surface area contributed by atoms with Crippen molar-refractivity contribution >= 4 is 76.5 Å². The van der Waals surface area contributed by atoms with E-state index in [2.05, 4.69) is 169 Å². The predicted octanol–water partition coefficient (Wildman–Crippen LogP) is 14.0. The van der Waals surface area contributed by atoms with Crippen molar-refractivity contribution in [2.24, 2.45) is 0 Å². The standard InChI is InChI=1S/C51H34N2O/c1-3-13-39-35(11-1)31-45(43-17-7-5-15-41(39)43)33-22-26-37(27-23-33)53(47-19-9-20-48-50(47)51-49(54-48)21-10-30-52-51)38-28-24-34(25-29-38)46-32-36-12-2-4-14-40(36)42-16-6-8-18-44(42)46/h1-24,26-32,34H,25H2. The summed E-state index contributed by atoms with van der Waals surface area (Å²) >= 11 is 0. The molecule has 54 heavy (non-hydrogen) atoms. The van der Waals surface area contributed by atoms with Gasteiger partial charge in [-0.1, -0.05) is 127 Å². The van der Waals surface area contributed by atoms with Crippen LogP contribution in [0.1, 0.15) is 17.9 Å². The third kappa shape index (κ3) is 4.86. The predicted molar refractivity (Wildman–Crippen MR) is 227 cm³/mol. The molecule has 0 amide bonds. The number of hydrogen-bond acceptors (Lipinski definition) is 3. The highest BCUT2D eigenvalue weighted by Gasteiger charge is 2.24. The van der Waals surface area contributed by atoms with Gasteiger partial charge in [-0.2, -0.15) is 0 Å². The molecule has 10 aromatic rings. The molecular formula is C51H34N2O. The molecule has 1 unspecified atom stereocenters. The van der Waals surface area contributed by atoms with Gasteiger partial charge in [0.2, 0.25) is 0 Å². The third-order valence-electron chi connectivity index (χ3n) is 11.2. The van der Waals surface area contributed by atoms with Gasteiger partial charge in [0, 0.05) is 23.5 Å². The lowest BCUT2D eigenvalue weighted by Gasteiger charge is -2.30. The van der Waals surface area contributed by atoms with Crippen LogP contribution >= 0.6 is 0 Å². The topological polar surface area (TPSA) is 29.3 Å². The molecule has 11 rings (SSSR count). The van der Waals surface area contributed by atoms with E-state index in [0.717, 1.165) is 45.6 Å². The lowest BCUT2D eigenvalue weighted by Crippen LogP contribution is -2.17. The SMILES string of the molecule is C1=CC(c2cc3ccccc3c3ccccc23)CC=C1N(c1ccc(-c2cc3ccccc3c3ccccc23)cc1)c1cccc2oc3cccnc3c12. The fraction of sp³-hybridized carbons (Fsp3) is 0.0392. The number of rotatable bonds is 5. The Kier molecular flexibility index (Phi) is 6.99. The molecule has 1 atom stereocenters. The molecule has 0 aliphatic heterocycles. The fourth-order valence-electron chi connectivity index (χ4n) is 8.71. The van der Waals surface area contributed by atoms with E-state index in [9.17, 15) is 0 Å². The minimum atomic E-state index is 0.251. The molecular weight excluding hydrogens is 657 g/mol. The van der Waals surface area contributed by atoms with E-state index in [4.69, 9.17) is 9.40 Å². The van der Waals surface area contributed by atoms with Crippen LogP contribution < -0.4 is 4.90 Å². The highest BCUT2D eigenvalue weighted by molar-refractivity contribution is 6.14. The maximum absolute atomic E-state index is 6.34. The van der Waals surface area contributed by atoms with Crippen molar-refractivity contribution in [3.05, 3.63) is 199 Å². The van der Waals surface area contributed by atoms with Gasteiger partial charge in [0.1, 0.15) is 11.1 Å². The lowest BCUT2D eigenvalue weighted by molar-refractivity contribution is 0.668. The number of allylic oxidation sites excluding steroid dienone is 3. The number of nitrogens with zero attached hydrogens (tertiary/aromatic N) is 2. The van der Waals surface area contributed by atoms with Gasteiger partial charge in [0.25, 0.3) is 0 Å². The van der Waals surface area contributed by atoms with Crippen LogP contribution in [0.3, 0.4) is 0 Å². The van der Waals surface area contributed by atoms with Crippen molar-refractivity contribution in [3.63, 3.8) is 0 Å². The first-order valence-corrected chi connectivity index (χ1v) is 18.6. The van der Waals surface area contributed by atoms with Gasteiger partial charge in [-0.15, -0.1) is 0 Å². The Morgan fingerprint density at radius 3 is 1.94 bits per heavy atom. The molecule has 0 saturated heterocycles. The molecule has 0 fully saturated rings. The molecule has 0 spiro atoms. The molecule has 254 valence electrons. The summed E-state index contributed by atoms with van der Waals surface area (Å²) in [7, 11) is 0. The Morgan fingerprint density at radius 1 is 0.556 bits per heavy atom. The number of anilines is 2. The molecule has 1 aliphatic carbocycles. The molecule has 0 saturated carbocycles. The normalized spacial score (nSPS) is 14.4. The molecule has 8 aromatic carbocycles. The van der Waals surface area contributed by atoms with Crippen LogP contribution in [-0.4, -0.2) is 4.98 Å². The summed E-state index contributed by atoms with van der Waals surface area (Å²) in [6.07, 6.45) is 9.82. The zero-order valence-electron chi connectivity index (χ0n) is 29.5. The largest absolute Gasteiger partial charge is 0.454 e. The summed E-state index contributed by atoms with van der Waals surface area (Å²) in [5.74, 6) is 0.251. The molecule has 2 aromatic heterocycles. The van der Waals surface area contributed by atoms with Crippen LogP contribution in [0.5, 0.6) is 0 Å². The van der Waals surface area contributed by atoms with E-state index in [-0.39, 0.29) is 5.92 Å². The smallest absolute Gasteiger partial charge is 0.153 e. The van der Waals surface area contributed by atoms with Gasteiger partial charge in [-0.3, -0.25) is 4.98 Å². The molecule has 0 radical (unpaired) electrons. The van der Waals surface area contributed by atoms with E-state index in [0.29, 0.717) is 0 Å². The zero-order chi connectivity index (χ0) is 35.6. The summed E-state index contributed by atoms with van der Waals surface area (Å²) in [5.41, 5.74) is 9.50. The van der Waals surface area contributed by atoms with E-state index in [1.807, 2.05) is 24.4 Å². The highest BCUT2D eigenvalue weighted by atomic mass is 16.3. The first-order chi connectivity index (χ1) is 26.8. The average Bonchev–Trinajstić information content (AvgIpc) is 3.63.